The van der Waals surface area contributed by atoms with Crippen molar-refractivity contribution < 1.29 is 0 Å². The van der Waals surface area contributed by atoms with Gasteiger partial charge in [0.05, 0.1) is 0 Å². The number of rotatable bonds is 0. The molecule has 2 nitrogen and oxygen atoms in total. The monoisotopic (exact) mass is 142 g/mol. The maximum atomic E-state index is 5.80. The molecule has 1 atom stereocenters. The number of nitrogens with two attached hydrogens (primary N) is 1. The summed E-state index contributed by atoms with van der Waals surface area (Å²) in [6.45, 7) is 7.83. The Bertz CT molecular complexity index is 115. The van der Waals surface area contributed by atoms with Crippen LogP contribution in [0.2, 0.25) is 0 Å². The van der Waals surface area contributed by atoms with Crippen LogP contribution in [0, 0.1) is 5.41 Å². The van der Waals surface area contributed by atoms with Gasteiger partial charge in [0.2, 0.25) is 0 Å². The molecule has 1 unspecified atom stereocenters. The SMILES string of the molecule is CC(C)(C)C1CCCN1N. The lowest BCUT2D eigenvalue weighted by Gasteiger charge is -2.31. The van der Waals surface area contributed by atoms with E-state index in [9.17, 15) is 0 Å². The van der Waals surface area contributed by atoms with Gasteiger partial charge in [0.15, 0.2) is 0 Å². The highest BCUT2D eigenvalue weighted by molar-refractivity contribution is 4.85. The predicted octanol–water partition coefficient (Wildman–Crippen LogP) is 1.37. The quantitative estimate of drug-likeness (QED) is 0.518. The summed E-state index contributed by atoms with van der Waals surface area (Å²) in [6, 6.07) is 0.590. The summed E-state index contributed by atoms with van der Waals surface area (Å²) < 4.78 is 0. The summed E-state index contributed by atoms with van der Waals surface area (Å²) in [7, 11) is 0. The van der Waals surface area contributed by atoms with E-state index >= 15 is 0 Å². The van der Waals surface area contributed by atoms with E-state index in [0.29, 0.717) is 11.5 Å². The normalized spacial score (nSPS) is 29.4. The van der Waals surface area contributed by atoms with E-state index in [-0.39, 0.29) is 0 Å². The third-order valence-electron chi connectivity index (χ3n) is 2.29. The summed E-state index contributed by atoms with van der Waals surface area (Å²) >= 11 is 0. The van der Waals surface area contributed by atoms with Gasteiger partial charge in [0.25, 0.3) is 0 Å². The van der Waals surface area contributed by atoms with E-state index in [1.54, 1.807) is 0 Å². The predicted molar refractivity (Wildman–Crippen MR) is 43.4 cm³/mol. The van der Waals surface area contributed by atoms with E-state index in [2.05, 4.69) is 20.8 Å². The highest BCUT2D eigenvalue weighted by Crippen LogP contribution is 2.30. The highest BCUT2D eigenvalue weighted by atomic mass is 15.4. The summed E-state index contributed by atoms with van der Waals surface area (Å²) in [6.07, 6.45) is 2.53. The van der Waals surface area contributed by atoms with Gasteiger partial charge in [-0.05, 0) is 18.3 Å². The van der Waals surface area contributed by atoms with Crippen molar-refractivity contribution in [3.63, 3.8) is 0 Å². The zero-order valence-corrected chi connectivity index (χ0v) is 7.22. The summed E-state index contributed by atoms with van der Waals surface area (Å²) in [5.41, 5.74) is 0.352. The standard InChI is InChI=1S/C8H18N2/c1-8(2,3)7-5-4-6-10(7)9/h7H,4-6,9H2,1-3H3. The lowest BCUT2D eigenvalue weighted by Crippen LogP contribution is -2.43. The minimum Gasteiger partial charge on any atom is -0.269 e. The Morgan fingerprint density at radius 1 is 1.40 bits per heavy atom. The minimum absolute atomic E-state index is 0.352. The zero-order valence-electron chi connectivity index (χ0n) is 7.22. The molecular weight excluding hydrogens is 124 g/mol. The van der Waals surface area contributed by atoms with Crippen molar-refractivity contribution in [1.29, 1.82) is 0 Å². The average molecular weight is 142 g/mol. The Hall–Kier alpha value is -0.0800. The fraction of sp³-hybridized carbons (Fsp3) is 1.00. The van der Waals surface area contributed by atoms with Crippen LogP contribution in [-0.2, 0) is 0 Å². The van der Waals surface area contributed by atoms with Crippen LogP contribution in [0.25, 0.3) is 0 Å². The Kier molecular flexibility index (Phi) is 2.02. The Balaban J connectivity index is 2.55. The van der Waals surface area contributed by atoms with Gasteiger partial charge in [-0.3, -0.25) is 5.84 Å². The first-order valence-corrected chi connectivity index (χ1v) is 4.03. The molecule has 0 aromatic carbocycles. The maximum absolute atomic E-state index is 5.80. The molecule has 0 aromatic rings. The second-order valence-corrected chi connectivity index (χ2v) is 4.26. The van der Waals surface area contributed by atoms with E-state index < -0.39 is 0 Å². The summed E-state index contributed by atoms with van der Waals surface area (Å²) in [5.74, 6) is 5.80. The number of nitrogens with zero attached hydrogens (tertiary/aromatic N) is 1. The van der Waals surface area contributed by atoms with Crippen molar-refractivity contribution in [2.45, 2.75) is 39.7 Å². The Morgan fingerprint density at radius 3 is 2.20 bits per heavy atom. The van der Waals surface area contributed by atoms with Gasteiger partial charge >= 0.3 is 0 Å². The van der Waals surface area contributed by atoms with E-state index in [4.69, 9.17) is 5.84 Å². The number of hydrogen-bond donors (Lipinski definition) is 1. The van der Waals surface area contributed by atoms with Crippen molar-refractivity contribution in [2.75, 3.05) is 6.54 Å². The largest absolute Gasteiger partial charge is 0.269 e. The number of hydrazine groups is 1. The third-order valence-corrected chi connectivity index (χ3v) is 2.29. The van der Waals surface area contributed by atoms with Crippen molar-refractivity contribution in [3.8, 4) is 0 Å². The Labute approximate surface area is 63.4 Å². The van der Waals surface area contributed by atoms with Gasteiger partial charge in [0.1, 0.15) is 0 Å². The fourth-order valence-corrected chi connectivity index (χ4v) is 1.72. The first-order chi connectivity index (χ1) is 4.52. The lowest BCUT2D eigenvalue weighted by atomic mass is 9.86. The fourth-order valence-electron chi connectivity index (χ4n) is 1.72. The average Bonchev–Trinajstić information content (AvgIpc) is 2.11. The molecule has 0 spiro atoms. The molecule has 0 amide bonds. The molecule has 1 rings (SSSR count). The molecule has 60 valence electrons. The number of hydrogen-bond acceptors (Lipinski definition) is 2. The van der Waals surface area contributed by atoms with Crippen LogP contribution in [0.3, 0.4) is 0 Å². The topological polar surface area (TPSA) is 29.3 Å². The van der Waals surface area contributed by atoms with Crippen LogP contribution in [0.4, 0.5) is 0 Å². The van der Waals surface area contributed by atoms with Crippen LogP contribution in [-0.4, -0.2) is 17.6 Å². The van der Waals surface area contributed by atoms with Crippen LogP contribution >= 0.6 is 0 Å². The molecule has 1 heterocycles. The molecule has 2 N–H and O–H groups in total. The van der Waals surface area contributed by atoms with Crippen LogP contribution in [0.1, 0.15) is 33.6 Å². The zero-order chi connectivity index (χ0) is 7.78. The Morgan fingerprint density at radius 2 is 2.00 bits per heavy atom. The molecule has 2 heteroatoms. The van der Waals surface area contributed by atoms with E-state index in [0.717, 1.165) is 6.54 Å². The third kappa shape index (κ3) is 1.50. The van der Waals surface area contributed by atoms with Gasteiger partial charge in [-0.25, -0.2) is 5.01 Å². The molecule has 10 heavy (non-hydrogen) atoms. The molecule has 1 saturated heterocycles. The van der Waals surface area contributed by atoms with Crippen LogP contribution in [0.5, 0.6) is 0 Å². The molecular formula is C8H18N2. The first kappa shape index (κ1) is 8.02. The lowest BCUT2D eigenvalue weighted by molar-refractivity contribution is 0.143. The highest BCUT2D eigenvalue weighted by Gasteiger charge is 2.31. The molecule has 0 radical (unpaired) electrons. The summed E-state index contributed by atoms with van der Waals surface area (Å²) in [5, 5.41) is 1.99. The van der Waals surface area contributed by atoms with E-state index in [1.807, 2.05) is 5.01 Å². The van der Waals surface area contributed by atoms with Crippen molar-refractivity contribution >= 4 is 0 Å². The van der Waals surface area contributed by atoms with Gasteiger partial charge in [-0.1, -0.05) is 20.8 Å². The van der Waals surface area contributed by atoms with Gasteiger partial charge in [-0.15, -0.1) is 0 Å². The molecule has 1 aliphatic rings. The second-order valence-electron chi connectivity index (χ2n) is 4.26. The molecule has 0 bridgehead atoms. The molecule has 0 saturated carbocycles. The van der Waals surface area contributed by atoms with Crippen LogP contribution in [0.15, 0.2) is 0 Å². The smallest absolute Gasteiger partial charge is 0.0290 e. The molecule has 0 aliphatic carbocycles. The van der Waals surface area contributed by atoms with Gasteiger partial charge < -0.3 is 0 Å². The molecule has 1 fully saturated rings. The minimum atomic E-state index is 0.352. The van der Waals surface area contributed by atoms with Gasteiger partial charge in [-0.2, -0.15) is 0 Å². The van der Waals surface area contributed by atoms with Crippen molar-refractivity contribution in [3.05, 3.63) is 0 Å². The van der Waals surface area contributed by atoms with Crippen molar-refractivity contribution in [1.82, 2.24) is 5.01 Å². The van der Waals surface area contributed by atoms with Gasteiger partial charge in [0, 0.05) is 12.6 Å². The second kappa shape index (κ2) is 2.51. The van der Waals surface area contributed by atoms with E-state index in [1.165, 1.54) is 12.8 Å². The van der Waals surface area contributed by atoms with Crippen molar-refractivity contribution in [2.24, 2.45) is 11.3 Å². The first-order valence-electron chi connectivity index (χ1n) is 4.03. The molecule has 1 aliphatic heterocycles. The summed E-state index contributed by atoms with van der Waals surface area (Å²) in [4.78, 5) is 0. The maximum Gasteiger partial charge on any atom is 0.0290 e. The van der Waals surface area contributed by atoms with Crippen LogP contribution < -0.4 is 5.84 Å². The molecule has 0 aromatic heterocycles.